The maximum atomic E-state index is 12.5. The molecule has 9 nitrogen and oxygen atoms in total. The molecule has 5 rings (SSSR count). The predicted octanol–water partition coefficient (Wildman–Crippen LogP) is 5.02. The van der Waals surface area contributed by atoms with E-state index in [1.807, 2.05) is 25.1 Å². The largest absolute Gasteiger partial charge is 0.461 e. The highest BCUT2D eigenvalue weighted by Crippen LogP contribution is 2.23. The zero-order chi connectivity index (χ0) is 22.6. The van der Waals surface area contributed by atoms with Gasteiger partial charge in [0.1, 0.15) is 5.82 Å². The van der Waals surface area contributed by atoms with Crippen LogP contribution in [0.2, 0.25) is 0 Å². The normalized spacial score (nSPS) is 13.7. The van der Waals surface area contributed by atoms with Crippen LogP contribution in [0.3, 0.4) is 0 Å². The fourth-order valence-corrected chi connectivity index (χ4v) is 3.77. The van der Waals surface area contributed by atoms with Gasteiger partial charge in [-0.3, -0.25) is 4.79 Å². The zero-order valence-electron chi connectivity index (χ0n) is 18.2. The third-order valence-corrected chi connectivity index (χ3v) is 5.43. The van der Waals surface area contributed by atoms with E-state index in [9.17, 15) is 4.79 Å². The number of piperidine rings is 1. The first-order valence-corrected chi connectivity index (χ1v) is 10.9. The second kappa shape index (κ2) is 9.15. The summed E-state index contributed by atoms with van der Waals surface area (Å²) in [6, 6.07) is 14.4. The van der Waals surface area contributed by atoms with Crippen LogP contribution in [0.1, 0.15) is 35.4 Å². The number of aryl methyl sites for hydroxylation is 1. The second-order valence-corrected chi connectivity index (χ2v) is 7.95. The van der Waals surface area contributed by atoms with Gasteiger partial charge in [-0.2, -0.15) is 4.98 Å². The van der Waals surface area contributed by atoms with E-state index in [2.05, 4.69) is 25.7 Å². The SMILES string of the molecule is Cc1cc(N2CCCCC2)nc(Nc2ccc(NC(=O)c3cc(-c4ccco4)on3)cc2)n1. The topological polar surface area (TPSA) is 109 Å². The van der Waals surface area contributed by atoms with Crippen molar-refractivity contribution in [3.8, 4) is 11.5 Å². The number of nitrogens with one attached hydrogen (secondary N) is 2. The number of nitrogens with zero attached hydrogens (tertiary/aromatic N) is 4. The fraction of sp³-hybridized carbons (Fsp3) is 0.250. The minimum Gasteiger partial charge on any atom is -0.461 e. The lowest BCUT2D eigenvalue weighted by Gasteiger charge is -2.28. The number of hydrogen-bond acceptors (Lipinski definition) is 8. The first kappa shape index (κ1) is 20.7. The number of amides is 1. The highest BCUT2D eigenvalue weighted by atomic mass is 16.5. The Morgan fingerprint density at radius 2 is 1.76 bits per heavy atom. The molecule has 9 heteroatoms. The average Bonchev–Trinajstić information content (AvgIpc) is 3.53. The summed E-state index contributed by atoms with van der Waals surface area (Å²) < 4.78 is 10.4. The van der Waals surface area contributed by atoms with Crippen molar-refractivity contribution in [2.45, 2.75) is 26.2 Å². The molecule has 1 amide bonds. The van der Waals surface area contributed by atoms with Crippen molar-refractivity contribution in [2.24, 2.45) is 0 Å². The number of rotatable bonds is 6. The summed E-state index contributed by atoms with van der Waals surface area (Å²) in [5, 5.41) is 9.88. The molecular weight excluding hydrogens is 420 g/mol. The van der Waals surface area contributed by atoms with Crippen molar-refractivity contribution in [1.82, 2.24) is 15.1 Å². The summed E-state index contributed by atoms with van der Waals surface area (Å²) in [6.07, 6.45) is 5.19. The molecule has 1 saturated heterocycles. The molecule has 168 valence electrons. The van der Waals surface area contributed by atoms with Crippen LogP contribution in [0.15, 0.2) is 63.7 Å². The smallest absolute Gasteiger partial charge is 0.277 e. The average molecular weight is 444 g/mol. The van der Waals surface area contributed by atoms with Gasteiger partial charge in [0.25, 0.3) is 5.91 Å². The number of carbonyl (C=O) groups is 1. The number of anilines is 4. The van der Waals surface area contributed by atoms with E-state index in [4.69, 9.17) is 13.9 Å². The molecule has 1 aromatic carbocycles. The molecule has 0 atom stereocenters. The Balaban J connectivity index is 1.24. The van der Waals surface area contributed by atoms with Gasteiger partial charge in [-0.05, 0) is 62.6 Å². The van der Waals surface area contributed by atoms with Gasteiger partial charge in [-0.25, -0.2) is 4.98 Å². The third kappa shape index (κ3) is 4.87. The second-order valence-electron chi connectivity index (χ2n) is 7.95. The number of aromatic nitrogens is 3. The lowest BCUT2D eigenvalue weighted by molar-refractivity contribution is 0.101. The van der Waals surface area contributed by atoms with E-state index >= 15 is 0 Å². The summed E-state index contributed by atoms with van der Waals surface area (Å²) in [5.41, 5.74) is 2.54. The molecular formula is C24H24N6O3. The summed E-state index contributed by atoms with van der Waals surface area (Å²) in [5.74, 6) is 2.05. The van der Waals surface area contributed by atoms with Gasteiger partial charge < -0.3 is 24.5 Å². The van der Waals surface area contributed by atoms with Crippen molar-refractivity contribution in [1.29, 1.82) is 0 Å². The van der Waals surface area contributed by atoms with E-state index in [1.54, 1.807) is 30.3 Å². The predicted molar refractivity (Wildman–Crippen MR) is 125 cm³/mol. The van der Waals surface area contributed by atoms with Crippen LogP contribution in [0, 0.1) is 6.92 Å². The molecule has 33 heavy (non-hydrogen) atoms. The highest BCUT2D eigenvalue weighted by molar-refractivity contribution is 6.03. The molecule has 2 N–H and O–H groups in total. The first-order chi connectivity index (χ1) is 16.1. The number of carbonyl (C=O) groups excluding carboxylic acids is 1. The van der Waals surface area contributed by atoms with Gasteiger partial charge in [-0.1, -0.05) is 5.16 Å². The monoisotopic (exact) mass is 444 g/mol. The minimum atomic E-state index is -0.370. The van der Waals surface area contributed by atoms with E-state index in [0.717, 1.165) is 30.3 Å². The van der Waals surface area contributed by atoms with Crippen LogP contribution >= 0.6 is 0 Å². The Morgan fingerprint density at radius 3 is 2.52 bits per heavy atom. The Bertz CT molecular complexity index is 1230. The number of benzene rings is 1. The van der Waals surface area contributed by atoms with Crippen molar-refractivity contribution in [3.63, 3.8) is 0 Å². The van der Waals surface area contributed by atoms with Crippen LogP contribution < -0.4 is 15.5 Å². The lowest BCUT2D eigenvalue weighted by Crippen LogP contribution is -2.30. The summed E-state index contributed by atoms with van der Waals surface area (Å²) in [4.78, 5) is 24.0. The van der Waals surface area contributed by atoms with Gasteiger partial charge in [0.15, 0.2) is 11.5 Å². The molecule has 1 aliphatic rings. The molecule has 0 bridgehead atoms. The van der Waals surface area contributed by atoms with Gasteiger partial charge in [0, 0.05) is 42.3 Å². The Hall–Kier alpha value is -4.14. The molecule has 0 unspecified atom stereocenters. The van der Waals surface area contributed by atoms with E-state index in [0.29, 0.717) is 23.2 Å². The molecule has 1 fully saturated rings. The van der Waals surface area contributed by atoms with Crippen molar-refractivity contribution in [3.05, 3.63) is 66.2 Å². The Kier molecular flexibility index (Phi) is 5.75. The van der Waals surface area contributed by atoms with Crippen LogP contribution in [0.25, 0.3) is 11.5 Å². The minimum absolute atomic E-state index is 0.169. The van der Waals surface area contributed by atoms with E-state index in [-0.39, 0.29) is 11.6 Å². The first-order valence-electron chi connectivity index (χ1n) is 10.9. The highest BCUT2D eigenvalue weighted by Gasteiger charge is 2.16. The summed E-state index contributed by atoms with van der Waals surface area (Å²) >= 11 is 0. The van der Waals surface area contributed by atoms with Crippen LogP contribution in [0.4, 0.5) is 23.1 Å². The summed E-state index contributed by atoms with van der Waals surface area (Å²) in [7, 11) is 0. The quantitative estimate of drug-likeness (QED) is 0.427. The van der Waals surface area contributed by atoms with Gasteiger partial charge in [-0.15, -0.1) is 0 Å². The third-order valence-electron chi connectivity index (χ3n) is 5.43. The standard InChI is InChI=1S/C24H24N6O3/c1-16-14-22(30-11-3-2-4-12-30)28-24(25-16)27-18-9-7-17(8-10-18)26-23(31)19-15-21(33-29-19)20-6-5-13-32-20/h5-10,13-15H,2-4,11-12H2,1H3,(H,26,31)(H,25,27,28). The van der Waals surface area contributed by atoms with Crippen molar-refractivity contribution in [2.75, 3.05) is 28.6 Å². The molecule has 0 radical (unpaired) electrons. The fourth-order valence-electron chi connectivity index (χ4n) is 3.77. The molecule has 0 aliphatic carbocycles. The maximum Gasteiger partial charge on any atom is 0.277 e. The number of furan rings is 1. The van der Waals surface area contributed by atoms with Crippen LogP contribution in [-0.2, 0) is 0 Å². The van der Waals surface area contributed by atoms with Crippen LogP contribution in [0.5, 0.6) is 0 Å². The number of hydrogen-bond donors (Lipinski definition) is 2. The molecule has 1 aliphatic heterocycles. The summed E-state index contributed by atoms with van der Waals surface area (Å²) in [6.45, 7) is 4.03. The Labute approximate surface area is 190 Å². The zero-order valence-corrected chi connectivity index (χ0v) is 18.2. The van der Waals surface area contributed by atoms with Crippen molar-refractivity contribution >= 4 is 29.0 Å². The maximum absolute atomic E-state index is 12.5. The molecule has 0 spiro atoms. The molecule has 4 heterocycles. The Morgan fingerprint density at radius 1 is 0.970 bits per heavy atom. The van der Waals surface area contributed by atoms with E-state index < -0.39 is 0 Å². The van der Waals surface area contributed by atoms with Crippen molar-refractivity contribution < 1.29 is 13.7 Å². The van der Waals surface area contributed by atoms with Gasteiger partial charge >= 0.3 is 0 Å². The lowest BCUT2D eigenvalue weighted by atomic mass is 10.1. The van der Waals surface area contributed by atoms with Gasteiger partial charge in [0.2, 0.25) is 11.7 Å². The van der Waals surface area contributed by atoms with Gasteiger partial charge in [0.05, 0.1) is 6.26 Å². The molecule has 3 aromatic heterocycles. The molecule has 4 aromatic rings. The van der Waals surface area contributed by atoms with E-state index in [1.165, 1.54) is 25.5 Å². The molecule has 0 saturated carbocycles. The van der Waals surface area contributed by atoms with Crippen LogP contribution in [-0.4, -0.2) is 34.1 Å².